The summed E-state index contributed by atoms with van der Waals surface area (Å²) in [5, 5.41) is 14.9. The summed E-state index contributed by atoms with van der Waals surface area (Å²) < 4.78 is 5.14. The van der Waals surface area contributed by atoms with Gasteiger partial charge >= 0.3 is 0 Å². The molecule has 1 amide bonds. The topological polar surface area (TPSA) is 80.9 Å². The number of aromatic nitrogens is 3. The summed E-state index contributed by atoms with van der Waals surface area (Å²) in [6.45, 7) is 1.67. The summed E-state index contributed by atoms with van der Waals surface area (Å²) in [6, 6.07) is 7.13. The lowest BCUT2D eigenvalue weighted by Gasteiger charge is -2.04. The van der Waals surface area contributed by atoms with Gasteiger partial charge in [-0.1, -0.05) is 46.3 Å². The highest BCUT2D eigenvalue weighted by molar-refractivity contribution is 7.13. The molecule has 2 aromatic heterocycles. The van der Waals surface area contributed by atoms with Gasteiger partial charge in [0.1, 0.15) is 22.5 Å². The fourth-order valence-electron chi connectivity index (χ4n) is 1.86. The van der Waals surface area contributed by atoms with Crippen molar-refractivity contribution in [1.82, 2.24) is 15.4 Å². The van der Waals surface area contributed by atoms with Gasteiger partial charge in [-0.25, -0.2) is 0 Å². The molecular weight excluding hydrogens is 312 g/mol. The third-order valence-electron chi connectivity index (χ3n) is 2.80. The van der Waals surface area contributed by atoms with E-state index in [4.69, 9.17) is 16.1 Å². The van der Waals surface area contributed by atoms with Crippen molar-refractivity contribution in [1.29, 1.82) is 0 Å². The highest BCUT2D eigenvalue weighted by atomic mass is 35.5. The van der Waals surface area contributed by atoms with E-state index in [1.165, 1.54) is 16.8 Å². The van der Waals surface area contributed by atoms with Gasteiger partial charge in [0, 0.05) is 5.56 Å². The summed E-state index contributed by atoms with van der Waals surface area (Å²) in [4.78, 5) is 12.4. The van der Waals surface area contributed by atoms with E-state index in [1.54, 1.807) is 25.1 Å². The van der Waals surface area contributed by atoms with Gasteiger partial charge in [-0.2, -0.15) is 0 Å². The highest BCUT2D eigenvalue weighted by Gasteiger charge is 2.23. The van der Waals surface area contributed by atoms with Crippen molar-refractivity contribution in [3.05, 3.63) is 46.1 Å². The number of benzene rings is 1. The lowest BCUT2D eigenvalue weighted by Crippen LogP contribution is -2.13. The Kier molecular flexibility index (Phi) is 3.68. The predicted octanol–water partition coefficient (Wildman–Crippen LogP) is 3.41. The van der Waals surface area contributed by atoms with Gasteiger partial charge in [0.25, 0.3) is 5.91 Å². The fraction of sp³-hybridized carbons (Fsp3) is 0.0769. The average Bonchev–Trinajstić information content (AvgIpc) is 3.09. The van der Waals surface area contributed by atoms with Crippen molar-refractivity contribution in [3.63, 3.8) is 0 Å². The standard InChI is InChI=1S/C13H9ClN4O2S/c1-7-10(12(19)16-13-17-15-6-21-13)11(18-20-7)8-4-2-3-5-9(8)14/h2-6H,1H3,(H,16,17,19). The van der Waals surface area contributed by atoms with Gasteiger partial charge in [-0.3, -0.25) is 10.1 Å². The molecule has 6 nitrogen and oxygen atoms in total. The number of amides is 1. The Labute approximate surface area is 128 Å². The van der Waals surface area contributed by atoms with Crippen LogP contribution < -0.4 is 5.32 Å². The molecule has 3 rings (SSSR count). The van der Waals surface area contributed by atoms with E-state index in [9.17, 15) is 4.79 Å². The van der Waals surface area contributed by atoms with Crippen LogP contribution in [0, 0.1) is 6.92 Å². The van der Waals surface area contributed by atoms with Crippen molar-refractivity contribution in [2.45, 2.75) is 6.92 Å². The van der Waals surface area contributed by atoms with Gasteiger partial charge in [0.05, 0.1) is 5.02 Å². The number of hydrogen-bond acceptors (Lipinski definition) is 6. The largest absolute Gasteiger partial charge is 0.360 e. The summed E-state index contributed by atoms with van der Waals surface area (Å²) in [5.74, 6) is 0.0485. The minimum atomic E-state index is -0.361. The van der Waals surface area contributed by atoms with Crippen LogP contribution in [0.4, 0.5) is 5.13 Å². The second kappa shape index (κ2) is 5.63. The molecule has 1 N–H and O–H groups in total. The first-order valence-electron chi connectivity index (χ1n) is 5.95. The molecule has 3 aromatic rings. The number of carbonyl (C=O) groups excluding carboxylic acids is 1. The number of anilines is 1. The van der Waals surface area contributed by atoms with Crippen molar-refractivity contribution in [2.75, 3.05) is 5.32 Å². The van der Waals surface area contributed by atoms with E-state index < -0.39 is 0 Å². The molecule has 0 atom stereocenters. The number of halogens is 1. The van der Waals surface area contributed by atoms with Gasteiger partial charge in [-0.15, -0.1) is 10.2 Å². The number of aryl methyl sites for hydroxylation is 1. The molecule has 0 bridgehead atoms. The summed E-state index contributed by atoms with van der Waals surface area (Å²) in [7, 11) is 0. The molecule has 0 saturated carbocycles. The molecule has 0 radical (unpaired) electrons. The molecule has 0 unspecified atom stereocenters. The fourth-order valence-corrected chi connectivity index (χ4v) is 2.53. The Morgan fingerprint density at radius 3 is 2.90 bits per heavy atom. The maximum Gasteiger partial charge on any atom is 0.263 e. The van der Waals surface area contributed by atoms with Crippen LogP contribution >= 0.6 is 22.9 Å². The Hall–Kier alpha value is -2.25. The quantitative estimate of drug-likeness (QED) is 0.799. The molecule has 8 heteroatoms. The zero-order valence-electron chi connectivity index (χ0n) is 10.8. The molecule has 21 heavy (non-hydrogen) atoms. The van der Waals surface area contributed by atoms with Gasteiger partial charge in [0.15, 0.2) is 0 Å². The lowest BCUT2D eigenvalue weighted by molar-refractivity contribution is 0.102. The molecule has 0 aliphatic heterocycles. The third kappa shape index (κ3) is 2.65. The summed E-state index contributed by atoms with van der Waals surface area (Å²) in [6.07, 6.45) is 0. The minimum absolute atomic E-state index is 0.332. The highest BCUT2D eigenvalue weighted by Crippen LogP contribution is 2.31. The first-order chi connectivity index (χ1) is 10.2. The van der Waals surface area contributed by atoms with Crippen LogP contribution in [0.25, 0.3) is 11.3 Å². The molecule has 1 aromatic carbocycles. The number of rotatable bonds is 3. The van der Waals surface area contributed by atoms with Crippen molar-refractivity contribution >= 4 is 34.0 Å². The van der Waals surface area contributed by atoms with E-state index in [2.05, 4.69) is 20.7 Å². The molecule has 0 aliphatic carbocycles. The van der Waals surface area contributed by atoms with Crippen LogP contribution in [0.15, 0.2) is 34.3 Å². The molecular formula is C13H9ClN4O2S. The number of carbonyl (C=O) groups is 1. The molecule has 2 heterocycles. The number of hydrogen-bond donors (Lipinski definition) is 1. The van der Waals surface area contributed by atoms with Crippen molar-refractivity contribution in [2.24, 2.45) is 0 Å². The number of nitrogens with one attached hydrogen (secondary N) is 1. The van der Waals surface area contributed by atoms with E-state index in [-0.39, 0.29) is 5.91 Å². The van der Waals surface area contributed by atoms with Crippen LogP contribution in [-0.2, 0) is 0 Å². The molecule has 106 valence electrons. The van der Waals surface area contributed by atoms with Crippen LogP contribution in [0.5, 0.6) is 0 Å². The van der Waals surface area contributed by atoms with Gasteiger partial charge in [0.2, 0.25) is 5.13 Å². The zero-order chi connectivity index (χ0) is 14.8. The number of nitrogens with zero attached hydrogens (tertiary/aromatic N) is 3. The first kappa shape index (κ1) is 13.7. The molecule has 0 saturated heterocycles. The lowest BCUT2D eigenvalue weighted by atomic mass is 10.1. The SMILES string of the molecule is Cc1onc(-c2ccccc2Cl)c1C(=O)Nc1nncs1. The van der Waals surface area contributed by atoms with Gasteiger partial charge < -0.3 is 4.52 Å². The maximum atomic E-state index is 12.4. The van der Waals surface area contributed by atoms with Crippen molar-refractivity contribution < 1.29 is 9.32 Å². The first-order valence-corrected chi connectivity index (χ1v) is 7.21. The predicted molar refractivity (Wildman–Crippen MR) is 79.5 cm³/mol. The third-order valence-corrected chi connectivity index (χ3v) is 3.74. The van der Waals surface area contributed by atoms with E-state index >= 15 is 0 Å². The maximum absolute atomic E-state index is 12.4. The summed E-state index contributed by atoms with van der Waals surface area (Å²) in [5.41, 5.74) is 2.90. The Morgan fingerprint density at radius 1 is 1.38 bits per heavy atom. The van der Waals surface area contributed by atoms with Crippen molar-refractivity contribution in [3.8, 4) is 11.3 Å². The monoisotopic (exact) mass is 320 g/mol. The Morgan fingerprint density at radius 2 is 2.19 bits per heavy atom. The second-order valence-electron chi connectivity index (χ2n) is 4.14. The molecule has 0 fully saturated rings. The van der Waals surface area contributed by atoms with Crippen LogP contribution in [0.1, 0.15) is 16.1 Å². The van der Waals surface area contributed by atoms with Gasteiger partial charge in [-0.05, 0) is 13.0 Å². The van der Waals surface area contributed by atoms with E-state index in [0.717, 1.165) is 0 Å². The molecule has 0 aliphatic rings. The average molecular weight is 321 g/mol. The normalized spacial score (nSPS) is 10.6. The zero-order valence-corrected chi connectivity index (χ0v) is 12.4. The van der Waals surface area contributed by atoms with E-state index in [1.807, 2.05) is 6.07 Å². The van der Waals surface area contributed by atoms with Crippen LogP contribution in [0.3, 0.4) is 0 Å². The van der Waals surface area contributed by atoms with Crippen LogP contribution in [0.2, 0.25) is 5.02 Å². The Bertz CT molecular complexity index is 785. The molecule has 0 spiro atoms. The Balaban J connectivity index is 2.01. The second-order valence-corrected chi connectivity index (χ2v) is 5.38. The van der Waals surface area contributed by atoms with Crippen LogP contribution in [-0.4, -0.2) is 21.3 Å². The van der Waals surface area contributed by atoms with E-state index in [0.29, 0.717) is 32.7 Å². The minimum Gasteiger partial charge on any atom is -0.360 e. The smallest absolute Gasteiger partial charge is 0.263 e. The summed E-state index contributed by atoms with van der Waals surface area (Å²) >= 11 is 7.38.